The van der Waals surface area contributed by atoms with Crippen molar-refractivity contribution in [2.24, 2.45) is 0 Å². The number of hydrogen-bond donors (Lipinski definition) is 2. The van der Waals surface area contributed by atoms with E-state index in [1.807, 2.05) is 32.0 Å². The Kier molecular flexibility index (Phi) is 7.06. The first-order valence-corrected chi connectivity index (χ1v) is 9.17. The molecule has 0 saturated heterocycles. The van der Waals surface area contributed by atoms with Crippen LogP contribution < -0.4 is 10.6 Å². The molecule has 0 aliphatic carbocycles. The summed E-state index contributed by atoms with van der Waals surface area (Å²) >= 11 is 0. The lowest BCUT2D eigenvalue weighted by Gasteiger charge is -2.23. The Hall–Kier alpha value is -2.99. The Bertz CT molecular complexity index is 875. The fraction of sp³-hybridized carbons (Fsp3) is 0.318. The van der Waals surface area contributed by atoms with Crippen molar-refractivity contribution < 1.29 is 14.4 Å². The molecule has 0 aliphatic rings. The zero-order valence-corrected chi connectivity index (χ0v) is 17.0. The quantitative estimate of drug-likeness (QED) is 0.721. The minimum atomic E-state index is -0.503. The fourth-order valence-electron chi connectivity index (χ4n) is 2.67. The van der Waals surface area contributed by atoms with Crippen LogP contribution in [0.15, 0.2) is 42.5 Å². The van der Waals surface area contributed by atoms with Gasteiger partial charge in [-0.2, -0.15) is 0 Å². The van der Waals surface area contributed by atoms with Gasteiger partial charge in [0.05, 0.1) is 12.6 Å². The molecule has 2 aromatic carbocycles. The average Bonchev–Trinajstić information content (AvgIpc) is 2.65. The molecule has 0 fully saturated rings. The van der Waals surface area contributed by atoms with Gasteiger partial charge in [0.25, 0.3) is 0 Å². The first-order valence-electron chi connectivity index (χ1n) is 9.17. The molecule has 2 rings (SSSR count). The molecular weight excluding hydrogens is 354 g/mol. The van der Waals surface area contributed by atoms with E-state index in [4.69, 9.17) is 0 Å². The minimum absolute atomic E-state index is 0.0270. The molecule has 0 bridgehead atoms. The van der Waals surface area contributed by atoms with Gasteiger partial charge in [-0.25, -0.2) is 0 Å². The lowest BCUT2D eigenvalue weighted by molar-refractivity contribution is -0.122. The van der Waals surface area contributed by atoms with E-state index in [1.165, 1.54) is 6.92 Å². The fourth-order valence-corrected chi connectivity index (χ4v) is 2.67. The lowest BCUT2D eigenvalue weighted by atomic mass is 10.1. The Balaban J connectivity index is 1.92. The molecule has 0 spiro atoms. The summed E-state index contributed by atoms with van der Waals surface area (Å²) in [5.41, 5.74) is 4.11. The minimum Gasteiger partial charge on any atom is -0.325 e. The molecule has 148 valence electrons. The molecule has 2 amide bonds. The van der Waals surface area contributed by atoms with E-state index < -0.39 is 6.04 Å². The van der Waals surface area contributed by atoms with Crippen molar-refractivity contribution in [3.05, 3.63) is 59.2 Å². The van der Waals surface area contributed by atoms with Crippen LogP contribution in [0.3, 0.4) is 0 Å². The third kappa shape index (κ3) is 5.50. The number of carbonyl (C=O) groups excluding carboxylic acids is 3. The van der Waals surface area contributed by atoms with E-state index in [-0.39, 0.29) is 24.1 Å². The predicted octanol–water partition coefficient (Wildman–Crippen LogP) is 3.40. The van der Waals surface area contributed by atoms with E-state index in [0.29, 0.717) is 11.3 Å². The van der Waals surface area contributed by atoms with Gasteiger partial charge in [-0.05, 0) is 76.2 Å². The molecule has 1 atom stereocenters. The lowest BCUT2D eigenvalue weighted by Crippen LogP contribution is -2.43. The predicted molar refractivity (Wildman–Crippen MR) is 112 cm³/mol. The van der Waals surface area contributed by atoms with Crippen LogP contribution in [-0.2, 0) is 9.59 Å². The van der Waals surface area contributed by atoms with E-state index in [2.05, 4.69) is 10.6 Å². The molecule has 0 unspecified atom stereocenters. The highest BCUT2D eigenvalue weighted by Crippen LogP contribution is 2.18. The first kappa shape index (κ1) is 21.3. The number of hydrogen-bond acceptors (Lipinski definition) is 4. The van der Waals surface area contributed by atoms with Crippen molar-refractivity contribution in [3.8, 4) is 0 Å². The molecule has 2 N–H and O–H groups in total. The van der Waals surface area contributed by atoms with E-state index in [1.54, 1.807) is 43.1 Å². The summed E-state index contributed by atoms with van der Waals surface area (Å²) < 4.78 is 0. The SMILES string of the molecule is CC(=O)c1ccc(NC(=O)[C@H](C)N(C)CC(=O)Nc2cccc(C)c2C)cc1. The molecule has 0 heterocycles. The standard InChI is InChI=1S/C22H27N3O3/c1-14-7-6-8-20(15(14)2)24-21(27)13-25(5)16(3)22(28)23-19-11-9-18(10-12-19)17(4)26/h6-12,16H,13H2,1-5H3,(H,23,28)(H,24,27)/t16-/m0/s1. The number of amides is 2. The summed E-state index contributed by atoms with van der Waals surface area (Å²) in [4.78, 5) is 37.8. The van der Waals surface area contributed by atoms with Crippen molar-refractivity contribution in [1.29, 1.82) is 0 Å². The van der Waals surface area contributed by atoms with Crippen LogP contribution in [0.5, 0.6) is 0 Å². The van der Waals surface area contributed by atoms with Crippen molar-refractivity contribution >= 4 is 29.0 Å². The van der Waals surface area contributed by atoms with Crippen molar-refractivity contribution in [2.45, 2.75) is 33.7 Å². The number of likely N-dealkylation sites (N-methyl/N-ethyl adjacent to an activating group) is 1. The maximum atomic E-state index is 12.5. The second-order valence-electron chi connectivity index (χ2n) is 7.01. The molecule has 28 heavy (non-hydrogen) atoms. The Morgan fingerprint density at radius 1 is 1.00 bits per heavy atom. The van der Waals surface area contributed by atoms with E-state index in [0.717, 1.165) is 16.8 Å². The molecule has 2 aromatic rings. The summed E-state index contributed by atoms with van der Waals surface area (Å²) in [5, 5.41) is 5.70. The van der Waals surface area contributed by atoms with Crippen molar-refractivity contribution in [1.82, 2.24) is 4.90 Å². The van der Waals surface area contributed by atoms with Gasteiger partial charge < -0.3 is 10.6 Å². The number of ketones is 1. The molecule has 6 nitrogen and oxygen atoms in total. The molecule has 0 radical (unpaired) electrons. The van der Waals surface area contributed by atoms with Crippen LogP contribution >= 0.6 is 0 Å². The Morgan fingerprint density at radius 2 is 1.64 bits per heavy atom. The van der Waals surface area contributed by atoms with E-state index in [9.17, 15) is 14.4 Å². The Morgan fingerprint density at radius 3 is 2.25 bits per heavy atom. The number of carbonyl (C=O) groups is 3. The largest absolute Gasteiger partial charge is 0.325 e. The Labute approximate surface area is 165 Å². The zero-order valence-electron chi connectivity index (χ0n) is 17.0. The molecule has 6 heteroatoms. The number of benzene rings is 2. The number of aryl methyl sites for hydroxylation is 1. The highest BCUT2D eigenvalue weighted by molar-refractivity contribution is 5.98. The first-order chi connectivity index (χ1) is 13.2. The molecule has 0 aromatic heterocycles. The highest BCUT2D eigenvalue weighted by Gasteiger charge is 2.20. The summed E-state index contributed by atoms with van der Waals surface area (Å²) in [6.07, 6.45) is 0. The smallest absolute Gasteiger partial charge is 0.241 e. The van der Waals surface area contributed by atoms with Crippen molar-refractivity contribution in [2.75, 3.05) is 24.2 Å². The second kappa shape index (κ2) is 9.28. The van der Waals surface area contributed by atoms with Gasteiger partial charge in [0.2, 0.25) is 11.8 Å². The zero-order chi connectivity index (χ0) is 20.8. The highest BCUT2D eigenvalue weighted by atomic mass is 16.2. The summed E-state index contributed by atoms with van der Waals surface area (Å²) in [5.74, 6) is -0.430. The summed E-state index contributed by atoms with van der Waals surface area (Å²) in [6, 6.07) is 12.0. The number of nitrogens with zero attached hydrogens (tertiary/aromatic N) is 1. The van der Waals surface area contributed by atoms with Crippen LogP contribution in [-0.4, -0.2) is 42.1 Å². The van der Waals surface area contributed by atoms with Gasteiger partial charge in [-0.15, -0.1) is 0 Å². The maximum Gasteiger partial charge on any atom is 0.241 e. The third-order valence-corrected chi connectivity index (χ3v) is 4.87. The van der Waals surface area contributed by atoms with Gasteiger partial charge in [0, 0.05) is 16.9 Å². The normalized spacial score (nSPS) is 11.8. The van der Waals surface area contributed by atoms with Gasteiger partial charge in [-0.1, -0.05) is 12.1 Å². The topological polar surface area (TPSA) is 78.5 Å². The number of rotatable bonds is 7. The number of anilines is 2. The second-order valence-corrected chi connectivity index (χ2v) is 7.01. The number of Topliss-reactive ketones (excluding diaryl/α,β-unsaturated/α-hetero) is 1. The third-order valence-electron chi connectivity index (χ3n) is 4.87. The van der Waals surface area contributed by atoms with Crippen LogP contribution in [0.1, 0.15) is 35.3 Å². The van der Waals surface area contributed by atoms with Crippen LogP contribution in [0, 0.1) is 13.8 Å². The molecule has 0 aliphatic heterocycles. The summed E-state index contributed by atoms with van der Waals surface area (Å²) in [6.45, 7) is 7.28. The van der Waals surface area contributed by atoms with Crippen molar-refractivity contribution in [3.63, 3.8) is 0 Å². The van der Waals surface area contributed by atoms with Gasteiger partial charge in [0.1, 0.15) is 0 Å². The molecular formula is C22H27N3O3. The average molecular weight is 381 g/mol. The van der Waals surface area contributed by atoms with Gasteiger partial charge in [-0.3, -0.25) is 19.3 Å². The van der Waals surface area contributed by atoms with Gasteiger partial charge in [0.15, 0.2) is 5.78 Å². The van der Waals surface area contributed by atoms with Crippen LogP contribution in [0.2, 0.25) is 0 Å². The molecule has 0 saturated carbocycles. The van der Waals surface area contributed by atoms with Crippen LogP contribution in [0.25, 0.3) is 0 Å². The summed E-state index contributed by atoms with van der Waals surface area (Å²) in [7, 11) is 1.73. The number of nitrogens with one attached hydrogen (secondary N) is 2. The van der Waals surface area contributed by atoms with Gasteiger partial charge >= 0.3 is 0 Å². The monoisotopic (exact) mass is 381 g/mol. The maximum absolute atomic E-state index is 12.5. The van der Waals surface area contributed by atoms with E-state index >= 15 is 0 Å². The van der Waals surface area contributed by atoms with Crippen LogP contribution in [0.4, 0.5) is 11.4 Å².